The van der Waals surface area contributed by atoms with E-state index in [0.717, 1.165) is 28.9 Å². The second-order valence-corrected chi connectivity index (χ2v) is 6.13. The molecule has 0 fully saturated rings. The minimum absolute atomic E-state index is 0.0973. The number of halogens is 3. The number of nitro groups is 1. The lowest BCUT2D eigenvalue weighted by Crippen LogP contribution is -2.31. The molecule has 1 aromatic carbocycles. The van der Waals surface area contributed by atoms with Crippen LogP contribution in [0.2, 0.25) is 0 Å². The van der Waals surface area contributed by atoms with Gasteiger partial charge in [-0.1, -0.05) is 0 Å². The average molecular weight is 414 g/mol. The first-order valence-electron chi connectivity index (χ1n) is 8.26. The lowest BCUT2D eigenvalue weighted by atomic mass is 10.2. The molecule has 0 aliphatic carbocycles. The smallest absolute Gasteiger partial charge is 0.416 e. The molecule has 156 valence electrons. The van der Waals surface area contributed by atoms with Crippen LogP contribution in [-0.2, 0) is 27.0 Å². The SMILES string of the molecule is Cc1nn(CC(=O)O[C@@H](C)C(=O)Nc2ccc(C(F)(F)F)cc2)c(C)c1[N+](=O)[O-]. The number of alkyl halides is 3. The van der Waals surface area contributed by atoms with Gasteiger partial charge in [0, 0.05) is 5.69 Å². The van der Waals surface area contributed by atoms with Gasteiger partial charge in [0.05, 0.1) is 10.5 Å². The van der Waals surface area contributed by atoms with Crippen molar-refractivity contribution < 1.29 is 32.4 Å². The fourth-order valence-electron chi connectivity index (χ4n) is 2.50. The predicted octanol–water partition coefficient (Wildman–Crippen LogP) is 3.00. The Kier molecular flexibility index (Phi) is 6.25. The Hall–Kier alpha value is -3.44. The zero-order valence-corrected chi connectivity index (χ0v) is 15.6. The summed E-state index contributed by atoms with van der Waals surface area (Å²) in [5.74, 6) is -1.61. The van der Waals surface area contributed by atoms with Gasteiger partial charge in [0.15, 0.2) is 6.10 Å². The number of amides is 1. The van der Waals surface area contributed by atoms with Gasteiger partial charge in [-0.25, -0.2) is 0 Å². The lowest BCUT2D eigenvalue weighted by Gasteiger charge is -2.14. The quantitative estimate of drug-likeness (QED) is 0.441. The van der Waals surface area contributed by atoms with Crippen LogP contribution >= 0.6 is 0 Å². The number of benzene rings is 1. The van der Waals surface area contributed by atoms with Crippen molar-refractivity contribution in [1.29, 1.82) is 0 Å². The number of nitrogens with one attached hydrogen (secondary N) is 1. The Morgan fingerprint density at radius 2 is 1.86 bits per heavy atom. The van der Waals surface area contributed by atoms with Gasteiger partial charge in [-0.15, -0.1) is 0 Å². The number of hydrogen-bond acceptors (Lipinski definition) is 6. The molecule has 0 aliphatic heterocycles. The fraction of sp³-hybridized carbons (Fsp3) is 0.353. The predicted molar refractivity (Wildman–Crippen MR) is 94.0 cm³/mol. The minimum atomic E-state index is -4.50. The number of carbonyl (C=O) groups excluding carboxylic acids is 2. The zero-order valence-electron chi connectivity index (χ0n) is 15.6. The summed E-state index contributed by atoms with van der Waals surface area (Å²) < 4.78 is 43.7. The molecule has 0 bridgehead atoms. The molecule has 0 saturated heterocycles. The first-order valence-corrected chi connectivity index (χ1v) is 8.26. The summed E-state index contributed by atoms with van der Waals surface area (Å²) in [6.07, 6.45) is -5.75. The molecule has 0 saturated carbocycles. The first-order chi connectivity index (χ1) is 13.4. The monoisotopic (exact) mass is 414 g/mol. The molecule has 0 aliphatic rings. The molecule has 2 rings (SSSR count). The summed E-state index contributed by atoms with van der Waals surface area (Å²) in [6.45, 7) is 3.68. The van der Waals surface area contributed by atoms with Crippen molar-refractivity contribution in [3.63, 3.8) is 0 Å². The number of nitrogens with zero attached hydrogens (tertiary/aromatic N) is 3. The number of anilines is 1. The maximum Gasteiger partial charge on any atom is 0.416 e. The van der Waals surface area contributed by atoms with Gasteiger partial charge in [0.25, 0.3) is 5.91 Å². The molecule has 1 amide bonds. The highest BCUT2D eigenvalue weighted by Gasteiger charge is 2.30. The zero-order chi connectivity index (χ0) is 21.9. The summed E-state index contributed by atoms with van der Waals surface area (Å²) in [5.41, 5.74) is -0.695. The van der Waals surface area contributed by atoms with Crippen LogP contribution in [0.4, 0.5) is 24.5 Å². The Labute approximate surface area is 162 Å². The van der Waals surface area contributed by atoms with E-state index in [9.17, 15) is 32.9 Å². The number of ether oxygens (including phenoxy) is 1. The highest BCUT2D eigenvalue weighted by molar-refractivity contribution is 5.95. The average Bonchev–Trinajstić information content (AvgIpc) is 2.87. The molecule has 1 N–H and O–H groups in total. The van der Waals surface area contributed by atoms with Crippen molar-refractivity contribution in [2.75, 3.05) is 5.32 Å². The van der Waals surface area contributed by atoms with Crippen LogP contribution < -0.4 is 5.32 Å². The van der Waals surface area contributed by atoms with E-state index in [1.807, 2.05) is 0 Å². The lowest BCUT2D eigenvalue weighted by molar-refractivity contribution is -0.386. The van der Waals surface area contributed by atoms with Crippen LogP contribution in [0, 0.1) is 24.0 Å². The molecule has 0 unspecified atom stereocenters. The van der Waals surface area contributed by atoms with Gasteiger partial charge in [-0.05, 0) is 45.0 Å². The van der Waals surface area contributed by atoms with E-state index in [0.29, 0.717) is 0 Å². The van der Waals surface area contributed by atoms with Crippen molar-refractivity contribution in [1.82, 2.24) is 9.78 Å². The molecular weight excluding hydrogens is 397 g/mol. The number of hydrogen-bond donors (Lipinski definition) is 1. The third kappa shape index (κ3) is 5.30. The van der Waals surface area contributed by atoms with Crippen LogP contribution in [0.25, 0.3) is 0 Å². The van der Waals surface area contributed by atoms with Gasteiger partial charge in [0.2, 0.25) is 0 Å². The molecule has 12 heteroatoms. The summed E-state index contributed by atoms with van der Waals surface area (Å²) in [5, 5.41) is 17.2. The van der Waals surface area contributed by atoms with Crippen molar-refractivity contribution >= 4 is 23.3 Å². The largest absolute Gasteiger partial charge is 0.451 e. The van der Waals surface area contributed by atoms with Crippen LogP contribution in [0.3, 0.4) is 0 Å². The number of carbonyl (C=O) groups is 2. The molecule has 0 spiro atoms. The van der Waals surface area contributed by atoms with E-state index in [2.05, 4.69) is 10.4 Å². The first kappa shape index (κ1) is 21.9. The van der Waals surface area contributed by atoms with Crippen LogP contribution in [-0.4, -0.2) is 32.7 Å². The third-order valence-electron chi connectivity index (χ3n) is 3.96. The number of aryl methyl sites for hydroxylation is 1. The highest BCUT2D eigenvalue weighted by atomic mass is 19.4. The molecule has 9 nitrogen and oxygen atoms in total. The van der Waals surface area contributed by atoms with Gasteiger partial charge in [-0.3, -0.25) is 24.4 Å². The van der Waals surface area contributed by atoms with E-state index >= 15 is 0 Å². The van der Waals surface area contributed by atoms with Crippen LogP contribution in [0.15, 0.2) is 24.3 Å². The summed E-state index contributed by atoms with van der Waals surface area (Å²) in [7, 11) is 0. The molecule has 1 atom stereocenters. The molecule has 1 heterocycles. The van der Waals surface area contributed by atoms with E-state index < -0.39 is 41.2 Å². The number of esters is 1. The Morgan fingerprint density at radius 1 is 1.28 bits per heavy atom. The molecular formula is C17H17F3N4O5. The maximum atomic E-state index is 12.5. The summed E-state index contributed by atoms with van der Waals surface area (Å²) in [6, 6.07) is 3.76. The Bertz CT molecular complexity index is 938. The van der Waals surface area contributed by atoms with E-state index in [1.165, 1.54) is 20.8 Å². The molecule has 29 heavy (non-hydrogen) atoms. The standard InChI is InChI=1S/C17H17F3N4O5/c1-9-15(24(27)28)10(2)23(22-9)8-14(25)29-11(3)16(26)21-13-6-4-12(5-7-13)17(18,19)20/h4-7,11H,8H2,1-3H3,(H,21,26)/t11-/m0/s1. The van der Waals surface area contributed by atoms with Crippen molar-refractivity contribution in [3.05, 3.63) is 51.3 Å². The summed E-state index contributed by atoms with van der Waals surface area (Å²) in [4.78, 5) is 34.5. The van der Waals surface area contributed by atoms with Gasteiger partial charge in [-0.2, -0.15) is 18.3 Å². The van der Waals surface area contributed by atoms with Crippen molar-refractivity contribution in [2.24, 2.45) is 0 Å². The number of rotatable bonds is 6. The van der Waals surface area contributed by atoms with E-state index in [-0.39, 0.29) is 22.8 Å². The second-order valence-electron chi connectivity index (χ2n) is 6.13. The maximum absolute atomic E-state index is 12.5. The highest BCUT2D eigenvalue weighted by Crippen LogP contribution is 2.29. The van der Waals surface area contributed by atoms with Gasteiger partial charge in [0.1, 0.15) is 17.9 Å². The van der Waals surface area contributed by atoms with Gasteiger partial charge < -0.3 is 10.1 Å². The Balaban J connectivity index is 1.96. The van der Waals surface area contributed by atoms with Crippen molar-refractivity contribution in [3.8, 4) is 0 Å². The van der Waals surface area contributed by atoms with E-state index in [1.54, 1.807) is 0 Å². The topological polar surface area (TPSA) is 116 Å². The minimum Gasteiger partial charge on any atom is -0.451 e. The van der Waals surface area contributed by atoms with Crippen molar-refractivity contribution in [2.45, 2.75) is 39.6 Å². The van der Waals surface area contributed by atoms with Gasteiger partial charge >= 0.3 is 17.8 Å². The molecule has 0 radical (unpaired) electrons. The van der Waals surface area contributed by atoms with Crippen LogP contribution in [0.5, 0.6) is 0 Å². The third-order valence-corrected chi connectivity index (χ3v) is 3.96. The fourth-order valence-corrected chi connectivity index (χ4v) is 2.50. The van der Waals surface area contributed by atoms with Crippen LogP contribution in [0.1, 0.15) is 23.9 Å². The van der Waals surface area contributed by atoms with E-state index in [4.69, 9.17) is 4.74 Å². The normalized spacial score (nSPS) is 12.3. The molecule has 2 aromatic rings. The Morgan fingerprint density at radius 3 is 2.34 bits per heavy atom. The molecule has 1 aromatic heterocycles. The number of aromatic nitrogens is 2. The second kappa shape index (κ2) is 8.29. The summed E-state index contributed by atoms with van der Waals surface area (Å²) >= 11 is 0.